The van der Waals surface area contributed by atoms with Crippen LogP contribution in [0.2, 0.25) is 0 Å². The number of rotatable bonds is 6. The number of alkyl halides is 1. The molecule has 0 aliphatic heterocycles. The van der Waals surface area contributed by atoms with Gasteiger partial charge >= 0.3 is 0 Å². The van der Waals surface area contributed by atoms with Crippen LogP contribution in [0.1, 0.15) is 41.6 Å². The molecule has 1 aliphatic carbocycles. The van der Waals surface area contributed by atoms with Crippen LogP contribution in [-0.2, 0) is 16.4 Å². The predicted molar refractivity (Wildman–Crippen MR) is 110 cm³/mol. The van der Waals surface area contributed by atoms with Crippen LogP contribution >= 0.6 is 0 Å². The Balaban J connectivity index is 1.76. The van der Waals surface area contributed by atoms with Crippen molar-refractivity contribution in [2.24, 2.45) is 0 Å². The third-order valence-corrected chi connectivity index (χ3v) is 6.77. The molecule has 0 aromatic heterocycles. The van der Waals surface area contributed by atoms with Crippen molar-refractivity contribution in [1.29, 1.82) is 0 Å². The maximum absolute atomic E-state index is 13.6. The number of benzene rings is 2. The number of amides is 1. The second-order valence-electron chi connectivity index (χ2n) is 7.35. The van der Waals surface area contributed by atoms with E-state index < -0.39 is 39.5 Å². The van der Waals surface area contributed by atoms with Crippen LogP contribution in [0.15, 0.2) is 41.3 Å². The van der Waals surface area contributed by atoms with Gasteiger partial charge in [-0.2, -0.15) is 0 Å². The van der Waals surface area contributed by atoms with Gasteiger partial charge in [-0.05, 0) is 55.8 Å². The highest BCUT2D eigenvalue weighted by atomic mass is 32.2. The standard InChI is InChI=1S/C21H23F3N2O3S/c1-30(29,26-15-5-7-17(27)8-6-15)18-4-2-3-13(10-18)21(28)25-16-9-14(12-22)20(24)19(23)11-16/h2-4,9-11,15,17,27H,1,5-8,12H2,(H,25,28)(H,26,29). The molecule has 0 heterocycles. The van der Waals surface area contributed by atoms with Crippen molar-refractivity contribution in [1.82, 2.24) is 4.72 Å². The fraction of sp³-hybridized carbons (Fsp3) is 0.333. The molecular formula is C21H23F3N2O3S. The first kappa shape index (κ1) is 22.3. The molecule has 162 valence electrons. The lowest BCUT2D eigenvalue weighted by Gasteiger charge is -2.27. The van der Waals surface area contributed by atoms with Crippen LogP contribution in [0.4, 0.5) is 18.9 Å². The van der Waals surface area contributed by atoms with Crippen molar-refractivity contribution in [3.63, 3.8) is 0 Å². The largest absolute Gasteiger partial charge is 0.393 e. The van der Waals surface area contributed by atoms with Gasteiger partial charge in [0.25, 0.3) is 5.91 Å². The van der Waals surface area contributed by atoms with E-state index in [9.17, 15) is 27.3 Å². The number of carbonyl (C=O) groups excluding carboxylic acids is 1. The van der Waals surface area contributed by atoms with E-state index >= 15 is 0 Å². The van der Waals surface area contributed by atoms with Crippen LogP contribution in [0, 0.1) is 11.6 Å². The number of aliphatic hydroxyl groups is 1. The highest BCUT2D eigenvalue weighted by Crippen LogP contribution is 2.23. The van der Waals surface area contributed by atoms with Crippen molar-refractivity contribution in [2.75, 3.05) is 5.32 Å². The lowest BCUT2D eigenvalue weighted by molar-refractivity contribution is 0.102. The van der Waals surface area contributed by atoms with Gasteiger partial charge in [-0.1, -0.05) is 6.07 Å². The van der Waals surface area contributed by atoms with Gasteiger partial charge in [0.05, 0.1) is 15.8 Å². The summed E-state index contributed by atoms with van der Waals surface area (Å²) in [5.74, 6) is 0.559. The van der Waals surface area contributed by atoms with Crippen molar-refractivity contribution >= 4 is 27.2 Å². The van der Waals surface area contributed by atoms with Crippen LogP contribution in [0.5, 0.6) is 0 Å². The fourth-order valence-corrected chi connectivity index (χ4v) is 4.92. The smallest absolute Gasteiger partial charge is 0.255 e. The molecule has 0 radical (unpaired) electrons. The fourth-order valence-electron chi connectivity index (χ4n) is 3.39. The molecule has 1 amide bonds. The summed E-state index contributed by atoms with van der Waals surface area (Å²) in [4.78, 5) is 12.8. The Morgan fingerprint density at radius 1 is 1.17 bits per heavy atom. The second kappa shape index (κ2) is 9.20. The molecule has 1 fully saturated rings. The summed E-state index contributed by atoms with van der Waals surface area (Å²) in [7, 11) is -2.90. The summed E-state index contributed by atoms with van der Waals surface area (Å²) in [5, 5.41) is 12.0. The van der Waals surface area contributed by atoms with E-state index in [1.54, 1.807) is 12.1 Å². The summed E-state index contributed by atoms with van der Waals surface area (Å²) >= 11 is 0. The van der Waals surface area contributed by atoms with Crippen LogP contribution in [0.3, 0.4) is 0 Å². The van der Waals surface area contributed by atoms with Gasteiger partial charge in [-0.15, -0.1) is 0 Å². The summed E-state index contributed by atoms with van der Waals surface area (Å²) in [6.45, 7) is -1.21. The average molecular weight is 440 g/mol. The molecule has 3 N–H and O–H groups in total. The van der Waals surface area contributed by atoms with Gasteiger partial charge in [-0.3, -0.25) is 4.79 Å². The Kier molecular flexibility index (Phi) is 6.84. The molecule has 1 atom stereocenters. The molecule has 9 heteroatoms. The third kappa shape index (κ3) is 5.21. The Labute approximate surface area is 173 Å². The maximum Gasteiger partial charge on any atom is 0.255 e. The van der Waals surface area contributed by atoms with Gasteiger partial charge in [-0.25, -0.2) is 22.1 Å². The Morgan fingerprint density at radius 2 is 1.87 bits per heavy atom. The quantitative estimate of drug-likeness (QED) is 0.601. The molecule has 2 aromatic carbocycles. The first-order valence-electron chi connectivity index (χ1n) is 9.47. The second-order valence-corrected chi connectivity index (χ2v) is 9.40. The number of hydrogen-bond acceptors (Lipinski definition) is 3. The highest BCUT2D eigenvalue weighted by Gasteiger charge is 2.22. The number of aliphatic hydroxyl groups excluding tert-OH is 1. The minimum atomic E-state index is -2.90. The van der Waals surface area contributed by atoms with Gasteiger partial charge < -0.3 is 10.4 Å². The number of halogens is 3. The molecule has 5 nitrogen and oxygen atoms in total. The molecule has 1 aliphatic rings. The Morgan fingerprint density at radius 3 is 2.53 bits per heavy atom. The lowest BCUT2D eigenvalue weighted by atomic mass is 9.94. The zero-order chi connectivity index (χ0) is 21.9. The monoisotopic (exact) mass is 440 g/mol. The molecule has 1 saturated carbocycles. The number of hydrogen-bond donors (Lipinski definition) is 3. The number of nitrogens with one attached hydrogen (secondary N) is 2. The van der Waals surface area contributed by atoms with Crippen LogP contribution in [0.25, 0.3) is 0 Å². The van der Waals surface area contributed by atoms with Crippen LogP contribution < -0.4 is 10.0 Å². The first-order valence-corrected chi connectivity index (χ1v) is 11.2. The van der Waals surface area contributed by atoms with Crippen molar-refractivity contribution in [2.45, 2.75) is 49.4 Å². The molecule has 0 saturated heterocycles. The van der Waals surface area contributed by atoms with Crippen LogP contribution in [-0.4, -0.2) is 33.2 Å². The van der Waals surface area contributed by atoms with Gasteiger partial charge in [0, 0.05) is 33.8 Å². The Bertz CT molecular complexity index is 1040. The summed E-state index contributed by atoms with van der Waals surface area (Å²) in [6, 6.07) is 7.72. The minimum Gasteiger partial charge on any atom is -0.393 e. The third-order valence-electron chi connectivity index (χ3n) is 5.04. The lowest BCUT2D eigenvalue weighted by Crippen LogP contribution is -2.38. The van der Waals surface area contributed by atoms with E-state index in [1.165, 1.54) is 12.1 Å². The minimum absolute atomic E-state index is 0.0582. The molecular weight excluding hydrogens is 417 g/mol. The molecule has 2 aromatic rings. The normalized spacial score (nSPS) is 21.1. The maximum atomic E-state index is 13.6. The molecule has 1 unspecified atom stereocenters. The van der Waals surface area contributed by atoms with Gasteiger partial charge in [0.15, 0.2) is 11.6 Å². The SMILES string of the molecule is C=S(=O)(NC1CCC(O)CC1)c1cccc(C(=O)Nc2cc(F)c(F)c(CF)c2)c1. The topological polar surface area (TPSA) is 78.4 Å². The number of carbonyl (C=O) groups is 1. The molecule has 3 rings (SSSR count). The van der Waals surface area contributed by atoms with E-state index in [0.717, 1.165) is 12.1 Å². The summed E-state index contributed by atoms with van der Waals surface area (Å²) in [6.07, 6.45) is 2.22. The summed E-state index contributed by atoms with van der Waals surface area (Å²) in [5.41, 5.74) is -0.455. The predicted octanol–water partition coefficient (Wildman–Crippen LogP) is 3.57. The average Bonchev–Trinajstić information content (AvgIpc) is 2.72. The van der Waals surface area contributed by atoms with Crippen molar-refractivity contribution in [3.05, 3.63) is 59.2 Å². The van der Waals surface area contributed by atoms with E-state index in [-0.39, 0.29) is 23.4 Å². The summed E-state index contributed by atoms with van der Waals surface area (Å²) < 4.78 is 56.0. The molecule has 0 bridgehead atoms. The Hall–Kier alpha value is -2.36. The van der Waals surface area contributed by atoms with E-state index in [1.807, 2.05) is 0 Å². The van der Waals surface area contributed by atoms with E-state index in [4.69, 9.17) is 0 Å². The highest BCUT2D eigenvalue weighted by molar-refractivity contribution is 7.98. The van der Waals surface area contributed by atoms with Gasteiger partial charge in [0.2, 0.25) is 0 Å². The van der Waals surface area contributed by atoms with Crippen molar-refractivity contribution in [3.8, 4) is 0 Å². The molecule has 0 spiro atoms. The van der Waals surface area contributed by atoms with E-state index in [2.05, 4.69) is 15.9 Å². The van der Waals surface area contributed by atoms with Gasteiger partial charge in [0.1, 0.15) is 6.67 Å². The first-order chi connectivity index (χ1) is 14.2. The number of anilines is 1. The van der Waals surface area contributed by atoms with E-state index in [0.29, 0.717) is 30.6 Å². The molecule has 30 heavy (non-hydrogen) atoms. The van der Waals surface area contributed by atoms with Crippen molar-refractivity contribution < 1.29 is 27.3 Å². The zero-order valence-electron chi connectivity index (χ0n) is 16.2. The zero-order valence-corrected chi connectivity index (χ0v) is 17.0.